The Hall–Kier alpha value is -3.67. The molecule has 0 saturated carbocycles. The number of aromatic nitrogens is 4. The number of fused-ring (bicyclic) bond motifs is 1. The van der Waals surface area contributed by atoms with Gasteiger partial charge in [0.25, 0.3) is 0 Å². The Morgan fingerprint density at radius 2 is 1.85 bits per heavy atom. The van der Waals surface area contributed by atoms with E-state index in [1.54, 1.807) is 6.20 Å². The Labute approximate surface area is 247 Å². The predicted octanol–water partition coefficient (Wildman–Crippen LogP) is 7.20. The molecule has 0 unspecified atom stereocenters. The summed E-state index contributed by atoms with van der Waals surface area (Å²) in [5.74, 6) is 0. The highest BCUT2D eigenvalue weighted by Crippen LogP contribution is 2.37. The summed E-state index contributed by atoms with van der Waals surface area (Å²) < 4.78 is 2.04. The van der Waals surface area contributed by atoms with E-state index in [1.807, 2.05) is 35.0 Å². The minimum atomic E-state index is -0.273. The Morgan fingerprint density at radius 1 is 1.12 bits per heavy atom. The summed E-state index contributed by atoms with van der Waals surface area (Å²) in [5.41, 5.74) is 4.81. The van der Waals surface area contributed by atoms with Crippen molar-refractivity contribution in [2.75, 3.05) is 23.7 Å². The average molecular weight is 571 g/mol. The fourth-order valence-electron chi connectivity index (χ4n) is 5.50. The highest BCUT2D eigenvalue weighted by atomic mass is 35.5. The fourth-order valence-corrected chi connectivity index (χ4v) is 5.72. The quantitative estimate of drug-likeness (QED) is 0.231. The lowest BCUT2D eigenvalue weighted by atomic mass is 9.98. The molecule has 1 aliphatic heterocycles. The number of nitriles is 1. The highest BCUT2D eigenvalue weighted by molar-refractivity contribution is 6.32. The van der Waals surface area contributed by atoms with Gasteiger partial charge in [0.15, 0.2) is 0 Å². The van der Waals surface area contributed by atoms with E-state index in [-0.39, 0.29) is 17.6 Å². The molecule has 0 amide bonds. The summed E-state index contributed by atoms with van der Waals surface area (Å²) in [7, 11) is 0. The molecule has 4 aromatic rings. The number of likely N-dealkylation sites (tertiary alicyclic amines) is 1. The summed E-state index contributed by atoms with van der Waals surface area (Å²) in [6.45, 7) is 13.1. The van der Waals surface area contributed by atoms with E-state index in [0.717, 1.165) is 65.9 Å². The molecule has 5 rings (SSSR count). The number of pyridine rings is 1. The van der Waals surface area contributed by atoms with Crippen molar-refractivity contribution in [3.8, 4) is 6.07 Å². The maximum atomic E-state index is 9.81. The Balaban J connectivity index is 1.51. The second-order valence-electron chi connectivity index (χ2n) is 12.0. The van der Waals surface area contributed by atoms with Crippen molar-refractivity contribution in [3.63, 3.8) is 0 Å². The van der Waals surface area contributed by atoms with Gasteiger partial charge in [-0.2, -0.15) is 5.26 Å². The van der Waals surface area contributed by atoms with Gasteiger partial charge >= 0.3 is 0 Å². The van der Waals surface area contributed by atoms with Crippen LogP contribution in [0.3, 0.4) is 0 Å². The third-order valence-electron chi connectivity index (χ3n) is 8.10. The number of anilines is 2. The molecular formula is C32H39ClN8. The smallest absolute Gasteiger partial charge is 0.109 e. The Kier molecular flexibility index (Phi) is 8.48. The maximum Gasteiger partial charge on any atom is 0.109 e. The van der Waals surface area contributed by atoms with Crippen molar-refractivity contribution in [3.05, 3.63) is 76.7 Å². The van der Waals surface area contributed by atoms with E-state index < -0.39 is 0 Å². The zero-order valence-electron chi connectivity index (χ0n) is 24.5. The van der Waals surface area contributed by atoms with Gasteiger partial charge in [-0.15, -0.1) is 5.10 Å². The zero-order valence-corrected chi connectivity index (χ0v) is 25.3. The molecule has 214 valence electrons. The van der Waals surface area contributed by atoms with Crippen LogP contribution in [0.1, 0.15) is 82.8 Å². The lowest BCUT2D eigenvalue weighted by Gasteiger charge is -2.40. The SMILES string of the molecule is CC[C@@H](C)Nc1c(C#N)cnc2c(N[C@@H](c3ccccc3)c3cn(C4CCN(C(C)(C)C)CC4)nn3)cc(Cl)cc12. The molecule has 2 N–H and O–H groups in total. The van der Waals surface area contributed by atoms with Crippen molar-refractivity contribution in [1.29, 1.82) is 5.26 Å². The molecule has 1 aliphatic rings. The summed E-state index contributed by atoms with van der Waals surface area (Å²) in [6.07, 6.45) is 6.70. The molecule has 0 bridgehead atoms. The van der Waals surface area contributed by atoms with E-state index in [0.29, 0.717) is 16.6 Å². The normalized spacial score (nSPS) is 16.3. The molecule has 9 heteroatoms. The third-order valence-corrected chi connectivity index (χ3v) is 8.32. The van der Waals surface area contributed by atoms with Crippen LogP contribution in [-0.2, 0) is 0 Å². The summed E-state index contributed by atoms with van der Waals surface area (Å²) >= 11 is 6.67. The lowest BCUT2D eigenvalue weighted by molar-refractivity contribution is 0.0866. The van der Waals surface area contributed by atoms with Gasteiger partial charge in [0.1, 0.15) is 11.8 Å². The highest BCUT2D eigenvalue weighted by Gasteiger charge is 2.29. The minimum absolute atomic E-state index is 0.173. The molecule has 8 nitrogen and oxygen atoms in total. The second-order valence-corrected chi connectivity index (χ2v) is 12.4. The van der Waals surface area contributed by atoms with Crippen molar-refractivity contribution < 1.29 is 0 Å². The van der Waals surface area contributed by atoms with Crippen LogP contribution in [0.5, 0.6) is 0 Å². The van der Waals surface area contributed by atoms with Crippen molar-refractivity contribution in [1.82, 2.24) is 24.9 Å². The Bertz CT molecular complexity index is 1530. The number of hydrogen-bond acceptors (Lipinski definition) is 7. The topological polar surface area (TPSA) is 94.7 Å². The first kappa shape index (κ1) is 28.8. The zero-order chi connectivity index (χ0) is 29.1. The standard InChI is InChI=1S/C32H39ClN8/c1-6-21(2)36-29-23(18-34)19-35-31-26(29)16-24(33)17-27(31)37-30(22-10-8-7-9-11-22)28-20-41(39-38-28)25-12-14-40(15-13-25)32(3,4)5/h7-11,16-17,19-21,25,30,37H,6,12-15H2,1-5H3,(H,35,36)/t21-,30+/m1/s1. The number of halogens is 1. The van der Waals surface area contributed by atoms with Gasteiger partial charge in [-0.25, -0.2) is 4.68 Å². The number of nitrogens with zero attached hydrogens (tertiary/aromatic N) is 6. The summed E-state index contributed by atoms with van der Waals surface area (Å²) in [4.78, 5) is 7.24. The van der Waals surface area contributed by atoms with E-state index in [1.165, 1.54) is 0 Å². The molecule has 2 aromatic carbocycles. The predicted molar refractivity (Wildman–Crippen MR) is 166 cm³/mol. The molecule has 1 fully saturated rings. The number of hydrogen-bond donors (Lipinski definition) is 2. The van der Waals surface area contributed by atoms with Crippen molar-refractivity contribution in [2.45, 2.75) is 77.5 Å². The molecule has 3 heterocycles. The van der Waals surface area contributed by atoms with E-state index >= 15 is 0 Å². The summed E-state index contributed by atoms with van der Waals surface area (Å²) in [5, 5.41) is 27.6. The molecule has 1 saturated heterocycles. The molecule has 2 aromatic heterocycles. The van der Waals surface area contributed by atoms with Gasteiger partial charge in [-0.1, -0.05) is 54.1 Å². The van der Waals surface area contributed by atoms with Gasteiger partial charge in [-0.05, 0) is 64.7 Å². The van der Waals surface area contributed by atoms with E-state index in [2.05, 4.69) is 84.9 Å². The molecule has 0 radical (unpaired) electrons. The number of nitrogens with one attached hydrogen (secondary N) is 2. The average Bonchev–Trinajstić information content (AvgIpc) is 3.46. The first-order valence-electron chi connectivity index (χ1n) is 14.4. The van der Waals surface area contributed by atoms with Crippen LogP contribution in [0.4, 0.5) is 11.4 Å². The van der Waals surface area contributed by atoms with Gasteiger partial charge in [0, 0.05) is 41.3 Å². The third kappa shape index (κ3) is 6.32. The monoisotopic (exact) mass is 570 g/mol. The first-order chi connectivity index (χ1) is 19.7. The molecule has 2 atom stereocenters. The largest absolute Gasteiger partial charge is 0.381 e. The van der Waals surface area contributed by atoms with Gasteiger partial charge in [0.05, 0.1) is 40.7 Å². The molecule has 41 heavy (non-hydrogen) atoms. The van der Waals surface area contributed by atoms with Crippen LogP contribution >= 0.6 is 11.6 Å². The van der Waals surface area contributed by atoms with Crippen LogP contribution in [0.25, 0.3) is 10.9 Å². The maximum absolute atomic E-state index is 9.81. The number of benzene rings is 2. The van der Waals surface area contributed by atoms with E-state index in [4.69, 9.17) is 16.6 Å². The van der Waals surface area contributed by atoms with Crippen LogP contribution in [0, 0.1) is 11.3 Å². The summed E-state index contributed by atoms with van der Waals surface area (Å²) in [6, 6.07) is 16.5. The molecular weight excluding hydrogens is 532 g/mol. The molecule has 0 aliphatic carbocycles. The minimum Gasteiger partial charge on any atom is -0.381 e. The Morgan fingerprint density at radius 3 is 2.51 bits per heavy atom. The van der Waals surface area contributed by atoms with Crippen LogP contribution in [0.15, 0.2) is 54.9 Å². The van der Waals surface area contributed by atoms with Crippen LogP contribution in [-0.4, -0.2) is 49.5 Å². The molecule has 0 spiro atoms. The van der Waals surface area contributed by atoms with Gasteiger partial charge in [0.2, 0.25) is 0 Å². The van der Waals surface area contributed by atoms with E-state index in [9.17, 15) is 5.26 Å². The fraction of sp³-hybridized carbons (Fsp3) is 0.438. The number of rotatable bonds is 8. The van der Waals surface area contributed by atoms with Gasteiger partial charge in [-0.3, -0.25) is 9.88 Å². The number of piperidine rings is 1. The van der Waals surface area contributed by atoms with Crippen LogP contribution in [0.2, 0.25) is 5.02 Å². The van der Waals surface area contributed by atoms with Crippen molar-refractivity contribution >= 4 is 33.9 Å². The lowest BCUT2D eigenvalue weighted by Crippen LogP contribution is -2.46. The first-order valence-corrected chi connectivity index (χ1v) is 14.8. The van der Waals surface area contributed by atoms with Gasteiger partial charge < -0.3 is 10.6 Å². The van der Waals surface area contributed by atoms with Crippen molar-refractivity contribution in [2.24, 2.45) is 0 Å². The van der Waals surface area contributed by atoms with Crippen LogP contribution < -0.4 is 10.6 Å². The second kappa shape index (κ2) is 12.1.